The minimum absolute atomic E-state index is 0.0432. The number of hydrogen-bond acceptors (Lipinski definition) is 4. The first-order chi connectivity index (χ1) is 11.9. The van der Waals surface area contributed by atoms with E-state index in [1.54, 1.807) is 23.1 Å². The van der Waals surface area contributed by atoms with E-state index in [1.807, 2.05) is 18.2 Å². The Morgan fingerprint density at radius 1 is 1.20 bits per heavy atom. The van der Waals surface area contributed by atoms with Gasteiger partial charge in [0, 0.05) is 37.8 Å². The number of halogens is 2. The van der Waals surface area contributed by atoms with Gasteiger partial charge in [-0.1, -0.05) is 30.3 Å². The minimum atomic E-state index is -2.63. The van der Waals surface area contributed by atoms with Crippen molar-refractivity contribution in [2.24, 2.45) is 0 Å². The number of anilines is 1. The number of benzene rings is 1. The van der Waals surface area contributed by atoms with Crippen LogP contribution in [0, 0.1) is 0 Å². The Labute approximate surface area is 144 Å². The van der Waals surface area contributed by atoms with Gasteiger partial charge in [-0.3, -0.25) is 15.0 Å². The molecule has 0 bridgehead atoms. The van der Waals surface area contributed by atoms with E-state index >= 15 is 0 Å². The fraction of sp³-hybridized carbons (Fsp3) is 0.333. The monoisotopic (exact) mass is 347 g/mol. The van der Waals surface area contributed by atoms with Crippen molar-refractivity contribution in [2.45, 2.75) is 25.3 Å². The Bertz CT molecular complexity index is 730. The van der Waals surface area contributed by atoms with Gasteiger partial charge in [0.2, 0.25) is 0 Å². The molecule has 2 heterocycles. The van der Waals surface area contributed by atoms with Gasteiger partial charge in [-0.2, -0.15) is 0 Å². The van der Waals surface area contributed by atoms with E-state index in [9.17, 15) is 18.8 Å². The van der Waals surface area contributed by atoms with Gasteiger partial charge in [-0.25, -0.2) is 13.8 Å². The van der Waals surface area contributed by atoms with Crippen LogP contribution in [0.15, 0.2) is 48.7 Å². The van der Waals surface area contributed by atoms with Gasteiger partial charge in [-0.15, -0.1) is 0 Å². The van der Waals surface area contributed by atoms with Crippen LogP contribution in [0.4, 0.5) is 14.5 Å². The highest BCUT2D eigenvalue weighted by Gasteiger charge is 2.34. The van der Waals surface area contributed by atoms with Gasteiger partial charge >= 0.3 is 0 Å². The molecule has 7 heteroatoms. The Morgan fingerprint density at radius 2 is 1.88 bits per heavy atom. The maximum absolute atomic E-state index is 13.3. The van der Waals surface area contributed by atoms with E-state index in [4.69, 9.17) is 0 Å². The van der Waals surface area contributed by atoms with E-state index in [2.05, 4.69) is 4.98 Å². The predicted molar refractivity (Wildman–Crippen MR) is 88.7 cm³/mol. The molecule has 0 radical (unpaired) electrons. The highest BCUT2D eigenvalue weighted by Crippen LogP contribution is 2.30. The van der Waals surface area contributed by atoms with Crippen LogP contribution >= 0.6 is 0 Å². The molecule has 0 atom stereocenters. The highest BCUT2D eigenvalue weighted by atomic mass is 19.3. The molecular formula is C18H19F2N3O2. The molecule has 2 aromatic rings. The van der Waals surface area contributed by atoms with E-state index in [0.29, 0.717) is 10.8 Å². The summed E-state index contributed by atoms with van der Waals surface area (Å²) in [5.41, 5.74) is 1.52. The summed E-state index contributed by atoms with van der Waals surface area (Å²) in [5.74, 6) is -3.26. The first kappa shape index (κ1) is 17.3. The number of nitrogens with zero attached hydrogens (tertiary/aromatic N) is 3. The van der Waals surface area contributed by atoms with Crippen LogP contribution in [0.5, 0.6) is 0 Å². The fourth-order valence-corrected chi connectivity index (χ4v) is 2.79. The molecular weight excluding hydrogens is 328 g/mol. The van der Waals surface area contributed by atoms with Crippen LogP contribution in [0.1, 0.15) is 28.9 Å². The van der Waals surface area contributed by atoms with Crippen LogP contribution in [0.2, 0.25) is 0 Å². The molecule has 1 saturated heterocycles. The summed E-state index contributed by atoms with van der Waals surface area (Å²) in [6.45, 7) is 0.483. The van der Waals surface area contributed by atoms with Gasteiger partial charge in [-0.05, 0) is 17.7 Å². The number of carbonyl (C=O) groups is 1. The standard InChI is InChI=1S/C18H19F2N3O2/c19-18(20)7-10-22(11-8-18)15-6-9-21-16(12-15)17(24)23(25)13-14-4-2-1-3-5-14/h1-6,9,12,25H,7-8,10-11,13H2. The third-order valence-corrected chi connectivity index (χ3v) is 4.23. The van der Waals surface area contributed by atoms with Crippen molar-refractivity contribution in [3.05, 3.63) is 59.9 Å². The van der Waals surface area contributed by atoms with Crippen molar-refractivity contribution in [3.63, 3.8) is 0 Å². The summed E-state index contributed by atoms with van der Waals surface area (Å²) in [5, 5.41) is 10.6. The number of aromatic nitrogens is 1. The van der Waals surface area contributed by atoms with Gasteiger partial charge in [0.1, 0.15) is 5.69 Å². The zero-order chi connectivity index (χ0) is 17.9. The second-order valence-corrected chi connectivity index (χ2v) is 6.09. The van der Waals surface area contributed by atoms with Gasteiger partial charge in [0.25, 0.3) is 11.8 Å². The lowest BCUT2D eigenvalue weighted by Gasteiger charge is -2.33. The van der Waals surface area contributed by atoms with Crippen molar-refractivity contribution >= 4 is 11.6 Å². The third-order valence-electron chi connectivity index (χ3n) is 4.23. The van der Waals surface area contributed by atoms with E-state index in [-0.39, 0.29) is 38.2 Å². The van der Waals surface area contributed by atoms with Gasteiger partial charge in [0.05, 0.1) is 6.54 Å². The van der Waals surface area contributed by atoms with Gasteiger partial charge in [0.15, 0.2) is 0 Å². The van der Waals surface area contributed by atoms with Crippen molar-refractivity contribution in [1.82, 2.24) is 10.0 Å². The van der Waals surface area contributed by atoms with Crippen LogP contribution < -0.4 is 4.90 Å². The molecule has 25 heavy (non-hydrogen) atoms. The summed E-state index contributed by atoms with van der Waals surface area (Å²) in [6, 6.07) is 12.3. The molecule has 1 fully saturated rings. The van der Waals surface area contributed by atoms with Crippen molar-refractivity contribution in [1.29, 1.82) is 0 Å². The summed E-state index contributed by atoms with van der Waals surface area (Å²) < 4.78 is 26.6. The lowest BCUT2D eigenvalue weighted by Crippen LogP contribution is -2.39. The average molecular weight is 347 g/mol. The summed E-state index contributed by atoms with van der Waals surface area (Å²) >= 11 is 0. The maximum Gasteiger partial charge on any atom is 0.296 e. The number of carbonyl (C=O) groups excluding carboxylic acids is 1. The normalized spacial score (nSPS) is 16.5. The lowest BCUT2D eigenvalue weighted by molar-refractivity contribution is -0.0652. The Balaban J connectivity index is 1.69. The summed E-state index contributed by atoms with van der Waals surface area (Å²) in [6.07, 6.45) is 1.03. The first-order valence-electron chi connectivity index (χ1n) is 8.08. The number of alkyl halides is 2. The SMILES string of the molecule is O=C(c1cc(N2CCC(F)(F)CC2)ccn1)N(O)Cc1ccccc1. The lowest BCUT2D eigenvalue weighted by atomic mass is 10.1. The topological polar surface area (TPSA) is 56.7 Å². The molecule has 0 saturated carbocycles. The third kappa shape index (κ3) is 4.30. The van der Waals surface area contributed by atoms with Crippen molar-refractivity contribution < 1.29 is 18.8 Å². The molecule has 0 spiro atoms. The second-order valence-electron chi connectivity index (χ2n) is 6.09. The fourth-order valence-electron chi connectivity index (χ4n) is 2.79. The first-order valence-corrected chi connectivity index (χ1v) is 8.08. The van der Waals surface area contributed by atoms with Crippen LogP contribution in [0.3, 0.4) is 0 Å². The Morgan fingerprint density at radius 3 is 2.56 bits per heavy atom. The number of rotatable bonds is 4. The predicted octanol–water partition coefficient (Wildman–Crippen LogP) is 3.35. The molecule has 5 nitrogen and oxygen atoms in total. The molecule has 0 unspecified atom stereocenters. The van der Waals surface area contributed by atoms with Crippen LogP contribution in [-0.2, 0) is 6.54 Å². The molecule has 1 aliphatic heterocycles. The highest BCUT2D eigenvalue weighted by molar-refractivity contribution is 5.92. The average Bonchev–Trinajstić information content (AvgIpc) is 2.62. The quantitative estimate of drug-likeness (QED) is 0.681. The minimum Gasteiger partial charge on any atom is -0.371 e. The second kappa shape index (κ2) is 7.14. The molecule has 1 aromatic heterocycles. The van der Waals surface area contributed by atoms with Crippen LogP contribution in [0.25, 0.3) is 0 Å². The summed E-state index contributed by atoms with van der Waals surface area (Å²) in [4.78, 5) is 18.2. The molecule has 132 valence electrons. The molecule has 0 aliphatic carbocycles. The van der Waals surface area contributed by atoms with Crippen LogP contribution in [-0.4, -0.2) is 40.2 Å². The Kier molecular flexibility index (Phi) is 4.94. The zero-order valence-electron chi connectivity index (χ0n) is 13.6. The van der Waals surface area contributed by atoms with E-state index in [1.165, 1.54) is 12.3 Å². The van der Waals surface area contributed by atoms with E-state index < -0.39 is 11.8 Å². The number of piperidine rings is 1. The zero-order valence-corrected chi connectivity index (χ0v) is 13.6. The van der Waals surface area contributed by atoms with Gasteiger partial charge < -0.3 is 4.90 Å². The number of pyridine rings is 1. The number of amides is 1. The maximum atomic E-state index is 13.3. The Hall–Kier alpha value is -2.54. The number of hydroxylamine groups is 2. The van der Waals surface area contributed by atoms with Crippen molar-refractivity contribution in [2.75, 3.05) is 18.0 Å². The molecule has 1 N–H and O–H groups in total. The summed E-state index contributed by atoms with van der Waals surface area (Å²) in [7, 11) is 0. The largest absolute Gasteiger partial charge is 0.371 e. The smallest absolute Gasteiger partial charge is 0.296 e. The molecule has 3 rings (SSSR count). The molecule has 1 aliphatic rings. The molecule has 1 amide bonds. The van der Waals surface area contributed by atoms with E-state index in [0.717, 1.165) is 5.56 Å². The number of hydrogen-bond donors (Lipinski definition) is 1. The molecule has 1 aromatic carbocycles. The van der Waals surface area contributed by atoms with Crippen molar-refractivity contribution in [3.8, 4) is 0 Å².